The van der Waals surface area contributed by atoms with E-state index in [0.717, 1.165) is 24.7 Å². The summed E-state index contributed by atoms with van der Waals surface area (Å²) in [5.41, 5.74) is 0.900. The molecule has 0 unspecified atom stereocenters. The molecule has 0 amide bonds. The number of hydrogen-bond donors (Lipinski definition) is 1. The van der Waals surface area contributed by atoms with E-state index in [1.54, 1.807) is 6.07 Å². The molecule has 0 spiro atoms. The molecule has 0 aliphatic rings. The molecule has 1 rings (SSSR count). The third-order valence-corrected chi connectivity index (χ3v) is 2.66. The number of halogens is 2. The first-order chi connectivity index (χ1) is 8.30. The van der Waals surface area contributed by atoms with E-state index in [1.165, 1.54) is 6.07 Å². The lowest BCUT2D eigenvalue weighted by molar-refractivity contribution is 0.232. The standard InChI is InChI=1S/C14H22F2N2/c1-14(2,10-18(3)4)9-17-8-11-5-6-12(15)13(16)7-11/h5-7,17H,8-10H2,1-4H3. The zero-order chi connectivity index (χ0) is 13.8. The zero-order valence-electron chi connectivity index (χ0n) is 11.6. The minimum atomic E-state index is -0.799. The Morgan fingerprint density at radius 1 is 1.17 bits per heavy atom. The van der Waals surface area contributed by atoms with Gasteiger partial charge in [-0.1, -0.05) is 19.9 Å². The molecule has 0 saturated heterocycles. The van der Waals surface area contributed by atoms with Gasteiger partial charge in [0, 0.05) is 19.6 Å². The summed E-state index contributed by atoms with van der Waals surface area (Å²) in [6.45, 7) is 6.69. The number of benzene rings is 1. The molecule has 0 radical (unpaired) electrons. The van der Waals surface area contributed by atoms with Gasteiger partial charge in [-0.25, -0.2) is 8.78 Å². The maximum atomic E-state index is 13.0. The van der Waals surface area contributed by atoms with Crippen LogP contribution in [0.15, 0.2) is 18.2 Å². The summed E-state index contributed by atoms with van der Waals surface area (Å²) in [5, 5.41) is 3.28. The first-order valence-electron chi connectivity index (χ1n) is 6.09. The van der Waals surface area contributed by atoms with Gasteiger partial charge < -0.3 is 10.2 Å². The van der Waals surface area contributed by atoms with Gasteiger partial charge in [-0.05, 0) is 37.2 Å². The Bertz CT molecular complexity index is 389. The summed E-state index contributed by atoms with van der Waals surface area (Å²) in [4.78, 5) is 2.14. The fourth-order valence-electron chi connectivity index (χ4n) is 2.11. The fraction of sp³-hybridized carbons (Fsp3) is 0.571. The number of nitrogens with one attached hydrogen (secondary N) is 1. The molecule has 1 aromatic carbocycles. The van der Waals surface area contributed by atoms with Gasteiger partial charge in [-0.3, -0.25) is 0 Å². The van der Waals surface area contributed by atoms with Crippen molar-refractivity contribution in [1.82, 2.24) is 10.2 Å². The Labute approximate surface area is 108 Å². The van der Waals surface area contributed by atoms with Crippen molar-refractivity contribution >= 4 is 0 Å². The monoisotopic (exact) mass is 256 g/mol. The van der Waals surface area contributed by atoms with Crippen LogP contribution >= 0.6 is 0 Å². The molecular formula is C14H22F2N2. The predicted octanol–water partition coefficient (Wildman–Crippen LogP) is 2.64. The Morgan fingerprint density at radius 3 is 2.39 bits per heavy atom. The van der Waals surface area contributed by atoms with E-state index in [0.29, 0.717) is 6.54 Å². The summed E-state index contributed by atoms with van der Waals surface area (Å²) in [7, 11) is 4.08. The highest BCUT2D eigenvalue weighted by Crippen LogP contribution is 2.15. The Balaban J connectivity index is 2.43. The maximum Gasteiger partial charge on any atom is 0.159 e. The fourth-order valence-corrected chi connectivity index (χ4v) is 2.11. The second-order valence-corrected chi connectivity index (χ2v) is 5.75. The van der Waals surface area contributed by atoms with Crippen LogP contribution in [-0.2, 0) is 6.54 Å². The van der Waals surface area contributed by atoms with Gasteiger partial charge in [0.15, 0.2) is 11.6 Å². The van der Waals surface area contributed by atoms with Crippen LogP contribution < -0.4 is 5.32 Å². The normalized spacial score (nSPS) is 12.2. The molecule has 0 bridgehead atoms. The van der Waals surface area contributed by atoms with E-state index in [-0.39, 0.29) is 5.41 Å². The lowest BCUT2D eigenvalue weighted by Crippen LogP contribution is -2.37. The van der Waals surface area contributed by atoms with Gasteiger partial charge in [0.25, 0.3) is 0 Å². The van der Waals surface area contributed by atoms with Gasteiger partial charge in [-0.15, -0.1) is 0 Å². The van der Waals surface area contributed by atoms with E-state index in [9.17, 15) is 8.78 Å². The molecule has 0 aromatic heterocycles. The van der Waals surface area contributed by atoms with E-state index >= 15 is 0 Å². The summed E-state index contributed by atoms with van der Waals surface area (Å²) in [6.07, 6.45) is 0. The van der Waals surface area contributed by atoms with Crippen molar-refractivity contribution in [2.24, 2.45) is 5.41 Å². The van der Waals surface area contributed by atoms with Crippen LogP contribution in [0.1, 0.15) is 19.4 Å². The van der Waals surface area contributed by atoms with Crippen molar-refractivity contribution < 1.29 is 8.78 Å². The van der Waals surface area contributed by atoms with Crippen molar-refractivity contribution in [3.05, 3.63) is 35.4 Å². The summed E-state index contributed by atoms with van der Waals surface area (Å²) < 4.78 is 25.8. The van der Waals surface area contributed by atoms with Gasteiger partial charge in [0.1, 0.15) is 0 Å². The topological polar surface area (TPSA) is 15.3 Å². The van der Waals surface area contributed by atoms with E-state index < -0.39 is 11.6 Å². The molecule has 2 nitrogen and oxygen atoms in total. The number of hydrogen-bond acceptors (Lipinski definition) is 2. The third kappa shape index (κ3) is 5.10. The summed E-state index contributed by atoms with van der Waals surface area (Å²) in [6, 6.07) is 4.00. The average Bonchev–Trinajstić information content (AvgIpc) is 2.21. The number of rotatable bonds is 6. The summed E-state index contributed by atoms with van der Waals surface area (Å²) in [5.74, 6) is -1.59. The van der Waals surface area contributed by atoms with E-state index in [1.807, 2.05) is 14.1 Å². The van der Waals surface area contributed by atoms with Crippen LogP contribution in [0.2, 0.25) is 0 Å². The van der Waals surface area contributed by atoms with Crippen LogP contribution in [0.3, 0.4) is 0 Å². The molecule has 1 aromatic rings. The van der Waals surface area contributed by atoms with Crippen molar-refractivity contribution in [3.63, 3.8) is 0 Å². The average molecular weight is 256 g/mol. The molecule has 0 fully saturated rings. The molecule has 18 heavy (non-hydrogen) atoms. The molecule has 0 atom stereocenters. The van der Waals surface area contributed by atoms with Gasteiger partial charge in [-0.2, -0.15) is 0 Å². The second-order valence-electron chi connectivity index (χ2n) is 5.75. The van der Waals surface area contributed by atoms with Gasteiger partial charge in [0.05, 0.1) is 0 Å². The third-order valence-electron chi connectivity index (χ3n) is 2.66. The molecule has 0 aliphatic heterocycles. The smallest absolute Gasteiger partial charge is 0.159 e. The van der Waals surface area contributed by atoms with E-state index in [2.05, 4.69) is 24.1 Å². The Kier molecular flexibility index (Phi) is 5.23. The minimum absolute atomic E-state index is 0.141. The zero-order valence-corrected chi connectivity index (χ0v) is 11.6. The van der Waals surface area contributed by atoms with E-state index in [4.69, 9.17) is 0 Å². The van der Waals surface area contributed by atoms with Crippen LogP contribution in [-0.4, -0.2) is 32.1 Å². The van der Waals surface area contributed by atoms with Crippen LogP contribution in [0.4, 0.5) is 8.78 Å². The van der Waals surface area contributed by atoms with Crippen molar-refractivity contribution in [1.29, 1.82) is 0 Å². The van der Waals surface area contributed by atoms with Gasteiger partial charge >= 0.3 is 0 Å². The van der Waals surface area contributed by atoms with Crippen molar-refractivity contribution in [3.8, 4) is 0 Å². The predicted molar refractivity (Wildman–Crippen MR) is 70.4 cm³/mol. The quantitative estimate of drug-likeness (QED) is 0.841. The van der Waals surface area contributed by atoms with Crippen LogP contribution in [0.25, 0.3) is 0 Å². The first-order valence-corrected chi connectivity index (χ1v) is 6.09. The second kappa shape index (κ2) is 6.25. The Morgan fingerprint density at radius 2 is 1.83 bits per heavy atom. The SMILES string of the molecule is CN(C)CC(C)(C)CNCc1ccc(F)c(F)c1. The molecular weight excluding hydrogens is 234 g/mol. The maximum absolute atomic E-state index is 13.0. The van der Waals surface area contributed by atoms with Crippen LogP contribution in [0, 0.1) is 17.0 Å². The molecule has 0 aliphatic carbocycles. The van der Waals surface area contributed by atoms with Crippen molar-refractivity contribution in [2.75, 3.05) is 27.2 Å². The summed E-state index contributed by atoms with van der Waals surface area (Å²) >= 11 is 0. The first kappa shape index (κ1) is 15.1. The lowest BCUT2D eigenvalue weighted by atomic mass is 9.93. The largest absolute Gasteiger partial charge is 0.312 e. The highest BCUT2D eigenvalue weighted by atomic mass is 19.2. The molecule has 102 valence electrons. The van der Waals surface area contributed by atoms with Crippen LogP contribution in [0.5, 0.6) is 0 Å². The molecule has 1 N–H and O–H groups in total. The molecule has 0 heterocycles. The number of nitrogens with zero attached hydrogens (tertiary/aromatic N) is 1. The molecule has 4 heteroatoms. The lowest BCUT2D eigenvalue weighted by Gasteiger charge is -2.28. The highest BCUT2D eigenvalue weighted by molar-refractivity contribution is 5.17. The Hall–Kier alpha value is -1.00. The van der Waals surface area contributed by atoms with Gasteiger partial charge in [0.2, 0.25) is 0 Å². The minimum Gasteiger partial charge on any atom is -0.312 e. The van der Waals surface area contributed by atoms with Crippen molar-refractivity contribution in [2.45, 2.75) is 20.4 Å². The highest BCUT2D eigenvalue weighted by Gasteiger charge is 2.18. The molecule has 0 saturated carbocycles.